The zero-order valence-electron chi connectivity index (χ0n) is 12.1. The Morgan fingerprint density at radius 1 is 1.00 bits per heavy atom. The van der Waals surface area contributed by atoms with Crippen molar-refractivity contribution in [2.24, 2.45) is 0 Å². The Morgan fingerprint density at radius 2 is 1.81 bits per heavy atom. The molecule has 0 amide bonds. The van der Waals surface area contributed by atoms with Crippen LogP contribution in [-0.4, -0.2) is 9.97 Å². The molecule has 3 rings (SSSR count). The van der Waals surface area contributed by atoms with Crippen LogP contribution >= 0.6 is 11.3 Å². The summed E-state index contributed by atoms with van der Waals surface area (Å²) in [4.78, 5) is 9.14. The number of thiazole rings is 1. The molecule has 0 unspecified atom stereocenters. The van der Waals surface area contributed by atoms with Gasteiger partial charge < -0.3 is 5.32 Å². The van der Waals surface area contributed by atoms with Crippen molar-refractivity contribution >= 4 is 17.0 Å². The first kappa shape index (κ1) is 13.8. The van der Waals surface area contributed by atoms with Crippen LogP contribution in [0, 0.1) is 13.8 Å². The van der Waals surface area contributed by atoms with Gasteiger partial charge in [0.15, 0.2) is 0 Å². The third-order valence-corrected chi connectivity index (χ3v) is 4.13. The topological polar surface area (TPSA) is 37.8 Å². The second-order valence-electron chi connectivity index (χ2n) is 4.93. The quantitative estimate of drug-likeness (QED) is 0.773. The SMILES string of the molecule is Cc1ccc(NCc2nc(-c3ccccc3)cs2)c(C)n1. The first-order valence-electron chi connectivity index (χ1n) is 6.90. The molecular weight excluding hydrogens is 278 g/mol. The molecule has 1 aromatic carbocycles. The molecule has 0 aliphatic rings. The molecule has 0 saturated carbocycles. The van der Waals surface area contributed by atoms with Gasteiger partial charge in [-0.2, -0.15) is 0 Å². The average molecular weight is 295 g/mol. The van der Waals surface area contributed by atoms with Crippen molar-refractivity contribution in [2.75, 3.05) is 5.32 Å². The van der Waals surface area contributed by atoms with Gasteiger partial charge in [0.05, 0.1) is 23.6 Å². The Hall–Kier alpha value is -2.20. The summed E-state index contributed by atoms with van der Waals surface area (Å²) >= 11 is 1.68. The van der Waals surface area contributed by atoms with Crippen molar-refractivity contribution in [1.82, 2.24) is 9.97 Å². The maximum Gasteiger partial charge on any atom is 0.112 e. The third kappa shape index (κ3) is 3.28. The summed E-state index contributed by atoms with van der Waals surface area (Å²) in [6.45, 7) is 4.75. The van der Waals surface area contributed by atoms with Crippen molar-refractivity contribution in [3.05, 3.63) is 64.2 Å². The van der Waals surface area contributed by atoms with E-state index in [9.17, 15) is 0 Å². The minimum Gasteiger partial charge on any atom is -0.377 e. The molecule has 1 N–H and O–H groups in total. The Kier molecular flexibility index (Phi) is 3.97. The second kappa shape index (κ2) is 6.06. The van der Waals surface area contributed by atoms with Crippen LogP contribution in [0.15, 0.2) is 47.8 Å². The zero-order valence-corrected chi connectivity index (χ0v) is 12.9. The summed E-state index contributed by atoms with van der Waals surface area (Å²) < 4.78 is 0. The predicted molar refractivity (Wildman–Crippen MR) is 88.6 cm³/mol. The minimum absolute atomic E-state index is 0.725. The number of aromatic nitrogens is 2. The van der Waals surface area contributed by atoms with Gasteiger partial charge in [-0.15, -0.1) is 11.3 Å². The van der Waals surface area contributed by atoms with Crippen LogP contribution in [-0.2, 0) is 6.54 Å². The fourth-order valence-electron chi connectivity index (χ4n) is 2.18. The highest BCUT2D eigenvalue weighted by molar-refractivity contribution is 7.09. The summed E-state index contributed by atoms with van der Waals surface area (Å²) in [6, 6.07) is 14.4. The molecule has 0 spiro atoms. The lowest BCUT2D eigenvalue weighted by molar-refractivity contribution is 1.06. The molecule has 0 aliphatic carbocycles. The normalized spacial score (nSPS) is 10.6. The lowest BCUT2D eigenvalue weighted by Gasteiger charge is -2.07. The first-order chi connectivity index (χ1) is 10.2. The highest BCUT2D eigenvalue weighted by atomic mass is 32.1. The molecule has 0 atom stereocenters. The van der Waals surface area contributed by atoms with Crippen molar-refractivity contribution in [1.29, 1.82) is 0 Å². The van der Waals surface area contributed by atoms with Crippen LogP contribution in [0.5, 0.6) is 0 Å². The summed E-state index contributed by atoms with van der Waals surface area (Å²) in [6.07, 6.45) is 0. The van der Waals surface area contributed by atoms with Crippen LogP contribution < -0.4 is 5.32 Å². The molecule has 0 bridgehead atoms. The van der Waals surface area contributed by atoms with Gasteiger partial charge in [0, 0.05) is 16.6 Å². The van der Waals surface area contributed by atoms with Crippen LogP contribution in [0.3, 0.4) is 0 Å². The van der Waals surface area contributed by atoms with Crippen LogP contribution in [0.4, 0.5) is 5.69 Å². The van der Waals surface area contributed by atoms with Gasteiger partial charge in [-0.3, -0.25) is 4.98 Å². The number of hydrogen-bond donors (Lipinski definition) is 1. The average Bonchev–Trinajstić information content (AvgIpc) is 2.96. The molecule has 0 fully saturated rings. The molecular formula is C17H17N3S. The largest absolute Gasteiger partial charge is 0.377 e. The predicted octanol–water partition coefficient (Wildman–Crippen LogP) is 4.43. The zero-order chi connectivity index (χ0) is 14.7. The van der Waals surface area contributed by atoms with E-state index in [0.29, 0.717) is 0 Å². The highest BCUT2D eigenvalue weighted by Gasteiger charge is 2.05. The molecule has 106 valence electrons. The first-order valence-corrected chi connectivity index (χ1v) is 7.78. The highest BCUT2D eigenvalue weighted by Crippen LogP contribution is 2.22. The number of anilines is 1. The fourth-order valence-corrected chi connectivity index (χ4v) is 2.92. The van der Waals surface area contributed by atoms with Crippen LogP contribution in [0.2, 0.25) is 0 Å². The van der Waals surface area contributed by atoms with E-state index in [-0.39, 0.29) is 0 Å². The van der Waals surface area contributed by atoms with E-state index in [1.54, 1.807) is 11.3 Å². The Morgan fingerprint density at radius 3 is 2.57 bits per heavy atom. The standard InChI is InChI=1S/C17H17N3S/c1-12-8-9-15(13(2)19-12)18-10-17-20-16(11-21-17)14-6-4-3-5-7-14/h3-9,11,18H,10H2,1-2H3. The molecule has 3 aromatic rings. The molecule has 0 aliphatic heterocycles. The lowest BCUT2D eigenvalue weighted by atomic mass is 10.2. The Labute approximate surface area is 128 Å². The van der Waals surface area contributed by atoms with E-state index in [0.717, 1.165) is 39.9 Å². The van der Waals surface area contributed by atoms with Crippen LogP contribution in [0.1, 0.15) is 16.4 Å². The molecule has 4 heteroatoms. The number of pyridine rings is 1. The molecule has 2 aromatic heterocycles. The molecule has 21 heavy (non-hydrogen) atoms. The van der Waals surface area contributed by atoms with E-state index in [1.165, 1.54) is 0 Å². The van der Waals surface area contributed by atoms with Gasteiger partial charge in [0.2, 0.25) is 0 Å². The molecule has 2 heterocycles. The second-order valence-corrected chi connectivity index (χ2v) is 5.87. The van der Waals surface area contributed by atoms with Crippen molar-refractivity contribution in [3.63, 3.8) is 0 Å². The fraction of sp³-hybridized carbons (Fsp3) is 0.176. The summed E-state index contributed by atoms with van der Waals surface area (Å²) in [5.41, 5.74) is 5.33. The monoisotopic (exact) mass is 295 g/mol. The van der Waals surface area contributed by atoms with E-state index in [2.05, 4.69) is 38.9 Å². The summed E-state index contributed by atoms with van der Waals surface area (Å²) in [5.74, 6) is 0. The Balaban J connectivity index is 1.70. The maximum absolute atomic E-state index is 4.68. The summed E-state index contributed by atoms with van der Waals surface area (Å²) in [5, 5.41) is 6.59. The lowest BCUT2D eigenvalue weighted by Crippen LogP contribution is -2.02. The van der Waals surface area contributed by atoms with Crippen molar-refractivity contribution < 1.29 is 0 Å². The Bertz CT molecular complexity index is 735. The van der Waals surface area contributed by atoms with Gasteiger partial charge in [0.1, 0.15) is 5.01 Å². The van der Waals surface area contributed by atoms with Gasteiger partial charge >= 0.3 is 0 Å². The van der Waals surface area contributed by atoms with Gasteiger partial charge in [-0.1, -0.05) is 30.3 Å². The molecule has 0 radical (unpaired) electrons. The molecule has 3 nitrogen and oxygen atoms in total. The van der Waals surface area contributed by atoms with Gasteiger partial charge in [-0.05, 0) is 26.0 Å². The van der Waals surface area contributed by atoms with Gasteiger partial charge in [-0.25, -0.2) is 4.98 Å². The number of nitrogens with zero attached hydrogens (tertiary/aromatic N) is 2. The van der Waals surface area contributed by atoms with Crippen LogP contribution in [0.25, 0.3) is 11.3 Å². The van der Waals surface area contributed by atoms with E-state index >= 15 is 0 Å². The maximum atomic E-state index is 4.68. The van der Waals surface area contributed by atoms with E-state index < -0.39 is 0 Å². The minimum atomic E-state index is 0.725. The van der Waals surface area contributed by atoms with Crippen molar-refractivity contribution in [3.8, 4) is 11.3 Å². The van der Waals surface area contributed by atoms with Gasteiger partial charge in [0.25, 0.3) is 0 Å². The smallest absolute Gasteiger partial charge is 0.112 e. The van der Waals surface area contributed by atoms with E-state index in [1.807, 2.05) is 38.1 Å². The number of rotatable bonds is 4. The third-order valence-electron chi connectivity index (χ3n) is 3.28. The molecule has 0 saturated heterocycles. The van der Waals surface area contributed by atoms with E-state index in [4.69, 9.17) is 0 Å². The number of benzene rings is 1. The number of aryl methyl sites for hydroxylation is 2. The summed E-state index contributed by atoms with van der Waals surface area (Å²) in [7, 11) is 0. The van der Waals surface area contributed by atoms with Crippen molar-refractivity contribution in [2.45, 2.75) is 20.4 Å². The number of hydrogen-bond acceptors (Lipinski definition) is 4. The number of nitrogens with one attached hydrogen (secondary N) is 1.